The average molecular weight is 351 g/mol. The van der Waals surface area contributed by atoms with E-state index in [1.54, 1.807) is 23.4 Å². The Morgan fingerprint density at radius 2 is 2.21 bits per heavy atom. The van der Waals surface area contributed by atoms with Crippen LogP contribution in [-0.4, -0.2) is 44.2 Å². The molecule has 1 aliphatic rings. The average Bonchev–Trinajstić information content (AvgIpc) is 3.15. The highest BCUT2D eigenvalue weighted by Gasteiger charge is 2.39. The second-order valence-corrected chi connectivity index (χ2v) is 6.11. The van der Waals surface area contributed by atoms with Gasteiger partial charge >= 0.3 is 0 Å². The van der Waals surface area contributed by atoms with E-state index in [1.165, 1.54) is 0 Å². The summed E-state index contributed by atoms with van der Waals surface area (Å²) in [5.41, 5.74) is 1.29. The number of aromatic amines is 1. The van der Waals surface area contributed by atoms with Crippen LogP contribution in [0.15, 0.2) is 24.5 Å². The Morgan fingerprint density at radius 1 is 1.33 bits per heavy atom. The summed E-state index contributed by atoms with van der Waals surface area (Å²) in [6.07, 6.45) is 3.34. The number of anilines is 1. The molecular formula is C15H13ClF2N6. The summed E-state index contributed by atoms with van der Waals surface area (Å²) in [5.74, 6) is -1.75. The predicted octanol–water partition coefficient (Wildman–Crippen LogP) is 2.84. The van der Waals surface area contributed by atoms with Crippen molar-refractivity contribution in [3.05, 3.63) is 41.1 Å². The van der Waals surface area contributed by atoms with E-state index >= 15 is 0 Å². The Morgan fingerprint density at radius 3 is 2.96 bits per heavy atom. The molecule has 0 radical (unpaired) electrons. The Balaban J connectivity index is 1.74. The van der Waals surface area contributed by atoms with Gasteiger partial charge < -0.3 is 4.90 Å². The van der Waals surface area contributed by atoms with Crippen molar-refractivity contribution in [2.45, 2.75) is 18.8 Å². The number of halogens is 3. The first-order valence-electron chi connectivity index (χ1n) is 7.44. The largest absolute Gasteiger partial charge is 0.350 e. The summed E-state index contributed by atoms with van der Waals surface area (Å²) in [7, 11) is 0. The molecule has 0 spiro atoms. The molecular weight excluding hydrogens is 338 g/mol. The summed E-state index contributed by atoms with van der Waals surface area (Å²) >= 11 is 6.08. The number of fused-ring (bicyclic) bond motifs is 1. The Kier molecular flexibility index (Phi) is 3.56. The number of nitrogens with zero attached hydrogens (tertiary/aromatic N) is 5. The van der Waals surface area contributed by atoms with E-state index in [0.29, 0.717) is 34.2 Å². The molecule has 3 aromatic heterocycles. The fourth-order valence-electron chi connectivity index (χ4n) is 2.82. The fraction of sp³-hybridized carbons (Fsp3) is 0.333. The van der Waals surface area contributed by atoms with Crippen LogP contribution in [0.1, 0.15) is 17.8 Å². The molecule has 124 valence electrons. The molecule has 0 atom stereocenters. The monoisotopic (exact) mass is 350 g/mol. The lowest BCUT2D eigenvalue weighted by molar-refractivity contribution is 0.0257. The van der Waals surface area contributed by atoms with Crippen LogP contribution >= 0.6 is 11.6 Å². The maximum Gasteiger partial charge on any atom is 0.266 e. The molecule has 9 heteroatoms. The van der Waals surface area contributed by atoms with Crippen LogP contribution in [0.5, 0.6) is 0 Å². The number of rotatable bonds is 3. The third kappa shape index (κ3) is 2.77. The van der Waals surface area contributed by atoms with Crippen molar-refractivity contribution in [2.75, 3.05) is 18.0 Å². The van der Waals surface area contributed by atoms with Crippen molar-refractivity contribution in [1.82, 2.24) is 25.1 Å². The molecule has 0 unspecified atom stereocenters. The van der Waals surface area contributed by atoms with Gasteiger partial charge in [-0.25, -0.2) is 23.7 Å². The maximum absolute atomic E-state index is 13.6. The normalized spacial score (nSPS) is 16.9. The number of aromatic nitrogens is 5. The molecule has 1 fully saturated rings. The van der Waals surface area contributed by atoms with Crippen LogP contribution in [0, 0.1) is 0 Å². The minimum Gasteiger partial charge on any atom is -0.350 e. The number of H-pyrrole nitrogens is 1. The van der Waals surface area contributed by atoms with E-state index in [0.717, 1.165) is 5.56 Å². The van der Waals surface area contributed by atoms with Crippen molar-refractivity contribution in [2.24, 2.45) is 0 Å². The van der Waals surface area contributed by atoms with Crippen molar-refractivity contribution in [3.8, 4) is 0 Å². The van der Waals surface area contributed by atoms with Gasteiger partial charge in [-0.05, 0) is 11.6 Å². The molecule has 24 heavy (non-hydrogen) atoms. The minimum absolute atomic E-state index is 0.180. The number of pyridine rings is 1. The molecule has 4 heterocycles. The number of hydrogen-bond acceptors (Lipinski definition) is 5. The Labute approximate surface area is 140 Å². The molecule has 0 aromatic carbocycles. The van der Waals surface area contributed by atoms with Gasteiger partial charge in [0.1, 0.15) is 16.8 Å². The topological polar surface area (TPSA) is 70.6 Å². The predicted molar refractivity (Wildman–Crippen MR) is 85.5 cm³/mol. The van der Waals surface area contributed by atoms with E-state index in [-0.39, 0.29) is 19.5 Å². The molecule has 1 N–H and O–H groups in total. The van der Waals surface area contributed by atoms with Crippen LogP contribution < -0.4 is 4.90 Å². The highest BCUT2D eigenvalue weighted by Crippen LogP contribution is 2.33. The van der Waals surface area contributed by atoms with Gasteiger partial charge in [-0.1, -0.05) is 17.7 Å². The molecule has 6 nitrogen and oxygen atoms in total. The molecule has 0 saturated carbocycles. The lowest BCUT2D eigenvalue weighted by Gasteiger charge is -2.18. The Hall–Kier alpha value is -2.35. The molecule has 3 aromatic rings. The van der Waals surface area contributed by atoms with Crippen molar-refractivity contribution in [3.63, 3.8) is 0 Å². The quantitative estimate of drug-likeness (QED) is 0.735. The van der Waals surface area contributed by atoms with Crippen LogP contribution in [-0.2, 0) is 6.42 Å². The van der Waals surface area contributed by atoms with Gasteiger partial charge in [-0.15, -0.1) is 0 Å². The third-order valence-corrected chi connectivity index (χ3v) is 4.33. The van der Waals surface area contributed by atoms with Crippen LogP contribution in [0.25, 0.3) is 11.0 Å². The second-order valence-electron chi connectivity index (χ2n) is 5.75. The van der Waals surface area contributed by atoms with Crippen molar-refractivity contribution in [1.29, 1.82) is 0 Å². The third-order valence-electron chi connectivity index (χ3n) is 3.99. The first-order chi connectivity index (χ1) is 11.5. The lowest BCUT2D eigenvalue weighted by Crippen LogP contribution is -2.26. The van der Waals surface area contributed by atoms with Gasteiger partial charge in [0, 0.05) is 25.6 Å². The lowest BCUT2D eigenvalue weighted by atomic mass is 10.2. The smallest absolute Gasteiger partial charge is 0.266 e. The zero-order valence-corrected chi connectivity index (χ0v) is 13.3. The maximum atomic E-state index is 13.6. The fourth-order valence-corrected chi connectivity index (χ4v) is 3.01. The summed E-state index contributed by atoms with van der Waals surface area (Å²) in [5, 5.41) is 7.74. The zero-order valence-electron chi connectivity index (χ0n) is 12.5. The molecule has 0 amide bonds. The second kappa shape index (κ2) is 5.62. The summed E-state index contributed by atoms with van der Waals surface area (Å²) in [6, 6.07) is 3.61. The van der Waals surface area contributed by atoms with Gasteiger partial charge in [0.2, 0.25) is 0 Å². The minimum atomic E-state index is -2.70. The first-order valence-corrected chi connectivity index (χ1v) is 7.82. The van der Waals surface area contributed by atoms with Gasteiger partial charge in [0.05, 0.1) is 18.1 Å². The van der Waals surface area contributed by atoms with E-state index in [9.17, 15) is 8.78 Å². The van der Waals surface area contributed by atoms with E-state index in [4.69, 9.17) is 11.6 Å². The summed E-state index contributed by atoms with van der Waals surface area (Å²) in [6.45, 7) is -0.102. The number of nitrogens with one attached hydrogen (secondary N) is 1. The molecule has 0 bridgehead atoms. The number of alkyl halides is 2. The standard InChI is InChI=1S/C15H13ClF2N6/c16-12-9(2-1-4-19-12)6-11-21-13-10(7-20-23-13)14(22-11)24-5-3-15(17,18)8-24/h1-2,4,7H,3,5-6,8H2,(H,20,21,22,23). The van der Waals surface area contributed by atoms with E-state index in [2.05, 4.69) is 25.1 Å². The molecule has 0 aliphatic carbocycles. The van der Waals surface area contributed by atoms with Gasteiger partial charge in [-0.2, -0.15) is 5.10 Å². The van der Waals surface area contributed by atoms with Gasteiger partial charge in [-0.3, -0.25) is 5.10 Å². The van der Waals surface area contributed by atoms with E-state index in [1.807, 2.05) is 6.07 Å². The Bertz CT molecular complexity index is 897. The molecule has 1 saturated heterocycles. The van der Waals surface area contributed by atoms with Crippen molar-refractivity contribution < 1.29 is 8.78 Å². The highest BCUT2D eigenvalue weighted by molar-refractivity contribution is 6.30. The highest BCUT2D eigenvalue weighted by atomic mass is 35.5. The first kappa shape index (κ1) is 15.2. The van der Waals surface area contributed by atoms with Crippen LogP contribution in [0.3, 0.4) is 0 Å². The van der Waals surface area contributed by atoms with Crippen molar-refractivity contribution >= 4 is 28.5 Å². The van der Waals surface area contributed by atoms with Gasteiger partial charge in [0.15, 0.2) is 5.65 Å². The van der Waals surface area contributed by atoms with E-state index < -0.39 is 5.92 Å². The van der Waals surface area contributed by atoms with Crippen LogP contribution in [0.2, 0.25) is 5.15 Å². The van der Waals surface area contributed by atoms with Crippen LogP contribution in [0.4, 0.5) is 14.6 Å². The molecule has 4 rings (SSSR count). The molecule has 1 aliphatic heterocycles. The number of hydrogen-bond donors (Lipinski definition) is 1. The SMILES string of the molecule is FC1(F)CCN(c2nc(Cc3cccnc3Cl)nc3[nH]ncc23)C1. The summed E-state index contributed by atoms with van der Waals surface area (Å²) in [4.78, 5) is 14.5. The zero-order chi connectivity index (χ0) is 16.7. The van der Waals surface area contributed by atoms with Gasteiger partial charge in [0.25, 0.3) is 5.92 Å². The summed E-state index contributed by atoms with van der Waals surface area (Å²) < 4.78 is 27.1.